The maximum absolute atomic E-state index is 2.55. The molecule has 0 radical (unpaired) electrons. The van der Waals surface area contributed by atoms with Gasteiger partial charge in [0.2, 0.25) is 0 Å². The number of benzene rings is 11. The molecule has 352 valence electrons. The highest BCUT2D eigenvalue weighted by molar-refractivity contribution is 5.99. The maximum Gasteiger partial charge on any atom is 0.0720 e. The van der Waals surface area contributed by atoms with Crippen LogP contribution in [0.2, 0.25) is 0 Å². The lowest BCUT2D eigenvalue weighted by Crippen LogP contribution is -2.43. The Morgan fingerprint density at radius 3 is 1.24 bits per heavy atom. The fourth-order valence-corrected chi connectivity index (χ4v) is 13.8. The van der Waals surface area contributed by atoms with Gasteiger partial charge in [-0.25, -0.2) is 0 Å². The monoisotopic (exact) mass is 953 g/mol. The SMILES string of the molecule is C1=C(c2ccccc2)CCC(N(c2ccc(-c3ccccc3)cc2)c2ccc(-c3cccc4c3-c3ccccc3C43c4ccccc4C4(c5ccccc5-c5ccccc54)c4cc(-c5ccccc5)ccc43)cc2)=C1. The van der Waals surface area contributed by atoms with Crippen molar-refractivity contribution in [3.8, 4) is 55.6 Å². The first kappa shape index (κ1) is 43.3. The largest absolute Gasteiger partial charge is 0.314 e. The van der Waals surface area contributed by atoms with Gasteiger partial charge in [0.15, 0.2) is 0 Å². The van der Waals surface area contributed by atoms with Gasteiger partial charge in [0, 0.05) is 17.1 Å². The normalized spacial score (nSPS) is 15.9. The van der Waals surface area contributed by atoms with Crippen molar-refractivity contribution in [1.29, 1.82) is 0 Å². The molecule has 0 aromatic heterocycles. The van der Waals surface area contributed by atoms with Crippen LogP contribution in [0.15, 0.2) is 291 Å². The third-order valence-corrected chi connectivity index (χ3v) is 16.9. The molecule has 4 aliphatic carbocycles. The van der Waals surface area contributed by atoms with Crippen LogP contribution in [0.3, 0.4) is 0 Å². The molecule has 11 aromatic carbocycles. The molecular formula is C74H51N. The maximum atomic E-state index is 2.55. The van der Waals surface area contributed by atoms with Gasteiger partial charge in [-0.15, -0.1) is 0 Å². The lowest BCUT2D eigenvalue weighted by Gasteiger charge is -2.49. The molecule has 0 bridgehead atoms. The van der Waals surface area contributed by atoms with Gasteiger partial charge in [0.25, 0.3) is 0 Å². The summed E-state index contributed by atoms with van der Waals surface area (Å²) in [5, 5.41) is 0. The second-order valence-corrected chi connectivity index (χ2v) is 20.5. The molecule has 0 fully saturated rings. The van der Waals surface area contributed by atoms with Crippen molar-refractivity contribution >= 4 is 16.9 Å². The lowest BCUT2D eigenvalue weighted by molar-refractivity contribution is 0.633. The molecule has 0 amide bonds. The van der Waals surface area contributed by atoms with Crippen LogP contribution in [-0.4, -0.2) is 0 Å². The number of fused-ring (bicyclic) bond motifs is 16. The predicted molar refractivity (Wildman–Crippen MR) is 311 cm³/mol. The minimum Gasteiger partial charge on any atom is -0.314 e. The molecule has 2 spiro atoms. The van der Waals surface area contributed by atoms with Gasteiger partial charge in [0.1, 0.15) is 0 Å². The van der Waals surface area contributed by atoms with E-state index in [1.807, 2.05) is 0 Å². The summed E-state index contributed by atoms with van der Waals surface area (Å²) in [7, 11) is 0. The Balaban J connectivity index is 0.917. The number of nitrogens with zero attached hydrogens (tertiary/aromatic N) is 1. The van der Waals surface area contributed by atoms with Crippen LogP contribution in [0.25, 0.3) is 61.2 Å². The Bertz CT molecular complexity index is 4040. The Hall–Kier alpha value is -9.30. The average Bonchev–Trinajstić information content (AvgIpc) is 4.21. The van der Waals surface area contributed by atoms with E-state index in [1.54, 1.807) is 0 Å². The third-order valence-electron chi connectivity index (χ3n) is 16.9. The summed E-state index contributed by atoms with van der Waals surface area (Å²) in [5.74, 6) is 0. The average molecular weight is 954 g/mol. The molecule has 0 aliphatic heterocycles. The summed E-state index contributed by atoms with van der Waals surface area (Å²) in [5.41, 5.74) is 28.3. The van der Waals surface area contributed by atoms with Gasteiger partial charge >= 0.3 is 0 Å². The second-order valence-electron chi connectivity index (χ2n) is 20.5. The smallest absolute Gasteiger partial charge is 0.0720 e. The minimum absolute atomic E-state index is 0.541. The topological polar surface area (TPSA) is 3.24 Å². The molecule has 1 unspecified atom stereocenters. The number of rotatable bonds is 7. The van der Waals surface area contributed by atoms with Gasteiger partial charge in [-0.3, -0.25) is 0 Å². The van der Waals surface area contributed by atoms with Crippen LogP contribution in [0.4, 0.5) is 11.4 Å². The van der Waals surface area contributed by atoms with Crippen molar-refractivity contribution in [2.24, 2.45) is 0 Å². The van der Waals surface area contributed by atoms with Crippen LogP contribution < -0.4 is 4.90 Å². The van der Waals surface area contributed by atoms with E-state index >= 15 is 0 Å². The van der Waals surface area contributed by atoms with Crippen molar-refractivity contribution in [3.63, 3.8) is 0 Å². The first-order valence-electron chi connectivity index (χ1n) is 26.5. The van der Waals surface area contributed by atoms with Crippen LogP contribution in [-0.2, 0) is 10.8 Å². The van der Waals surface area contributed by atoms with E-state index < -0.39 is 10.8 Å². The molecule has 1 nitrogen and oxygen atoms in total. The Kier molecular flexibility index (Phi) is 9.90. The molecular weight excluding hydrogens is 903 g/mol. The Morgan fingerprint density at radius 2 is 0.667 bits per heavy atom. The zero-order valence-corrected chi connectivity index (χ0v) is 41.5. The van der Waals surface area contributed by atoms with E-state index in [0.29, 0.717) is 0 Å². The first-order valence-corrected chi connectivity index (χ1v) is 26.5. The van der Waals surface area contributed by atoms with E-state index in [9.17, 15) is 0 Å². The van der Waals surface area contributed by atoms with E-state index in [1.165, 1.54) is 117 Å². The summed E-state index contributed by atoms with van der Waals surface area (Å²) < 4.78 is 0. The molecule has 4 aliphatic rings. The Morgan fingerprint density at radius 1 is 0.253 bits per heavy atom. The van der Waals surface area contributed by atoms with E-state index in [2.05, 4.69) is 290 Å². The summed E-state index contributed by atoms with van der Waals surface area (Å²) in [6.07, 6.45) is 6.57. The zero-order chi connectivity index (χ0) is 49.5. The number of hydrogen-bond acceptors (Lipinski definition) is 1. The Labute approximate surface area is 439 Å². The molecule has 11 aromatic rings. The molecule has 0 N–H and O–H groups in total. The highest BCUT2D eigenvalue weighted by Gasteiger charge is 2.59. The third kappa shape index (κ3) is 6.38. The van der Waals surface area contributed by atoms with E-state index in [4.69, 9.17) is 0 Å². The summed E-state index contributed by atoms with van der Waals surface area (Å²) in [6.45, 7) is 0. The quantitative estimate of drug-likeness (QED) is 0.154. The second kappa shape index (κ2) is 17.2. The van der Waals surface area contributed by atoms with Gasteiger partial charge < -0.3 is 4.90 Å². The van der Waals surface area contributed by atoms with Crippen LogP contribution in [0.1, 0.15) is 62.9 Å². The number of anilines is 2. The molecule has 0 saturated carbocycles. The van der Waals surface area contributed by atoms with Crippen molar-refractivity contribution in [2.75, 3.05) is 4.90 Å². The van der Waals surface area contributed by atoms with Gasteiger partial charge in [-0.05, 0) is 161 Å². The predicted octanol–water partition coefficient (Wildman–Crippen LogP) is 18.6. The summed E-state index contributed by atoms with van der Waals surface area (Å²) in [6, 6.07) is 102. The first-order chi connectivity index (χ1) is 37.2. The van der Waals surface area contributed by atoms with Gasteiger partial charge in [-0.1, -0.05) is 249 Å². The van der Waals surface area contributed by atoms with E-state index in [-0.39, 0.29) is 0 Å². The zero-order valence-electron chi connectivity index (χ0n) is 41.5. The molecule has 75 heavy (non-hydrogen) atoms. The van der Waals surface area contributed by atoms with Crippen molar-refractivity contribution in [3.05, 3.63) is 341 Å². The van der Waals surface area contributed by atoms with Crippen LogP contribution in [0, 0.1) is 0 Å². The van der Waals surface area contributed by atoms with Crippen LogP contribution in [0.5, 0.6) is 0 Å². The lowest BCUT2D eigenvalue weighted by atomic mass is 9.52. The number of hydrogen-bond donors (Lipinski definition) is 0. The van der Waals surface area contributed by atoms with Gasteiger partial charge in [-0.2, -0.15) is 0 Å². The fraction of sp³-hybridized carbons (Fsp3) is 0.0541. The molecule has 15 rings (SSSR count). The fourth-order valence-electron chi connectivity index (χ4n) is 13.8. The van der Waals surface area contributed by atoms with E-state index in [0.717, 1.165) is 24.2 Å². The van der Waals surface area contributed by atoms with Gasteiger partial charge in [0.05, 0.1) is 10.8 Å². The minimum atomic E-state index is -0.594. The molecule has 0 heterocycles. The molecule has 0 saturated heterocycles. The van der Waals surface area contributed by atoms with Crippen LogP contribution >= 0.6 is 0 Å². The van der Waals surface area contributed by atoms with Crippen molar-refractivity contribution < 1.29 is 0 Å². The summed E-state index contributed by atoms with van der Waals surface area (Å²) in [4.78, 5) is 2.46. The molecule has 1 atom stereocenters. The van der Waals surface area contributed by atoms with Crippen molar-refractivity contribution in [1.82, 2.24) is 0 Å². The highest BCUT2D eigenvalue weighted by atomic mass is 15.1. The van der Waals surface area contributed by atoms with Crippen molar-refractivity contribution in [2.45, 2.75) is 23.7 Å². The number of allylic oxidation sites excluding steroid dienone is 4. The standard InChI is InChI=1S/C74H51N/c1-4-19-50(20-5-1)53-35-42-57(43-36-53)75(58-44-37-54(38-45-58)51-21-6-2-7-22-51)59-46-39-55(40-47-59)60-28-18-34-70-72(60)63-27-12-15-31-66(63)74(70)68-33-17-16-32-67(68)73(64-29-13-10-25-61(64)62-26-11-14-30-65(62)73)71-49-56(41-48-69(71)74)52-23-8-3-9-24-52/h1-37,39-44,46-49H,38,45H2. The highest BCUT2D eigenvalue weighted by Crippen LogP contribution is 2.68. The summed E-state index contributed by atoms with van der Waals surface area (Å²) >= 11 is 0. The molecule has 1 heteroatoms.